The molecule has 0 bridgehead atoms. The zero-order valence-electron chi connectivity index (χ0n) is 23.6. The predicted molar refractivity (Wildman–Crippen MR) is 149 cm³/mol. The number of benzene rings is 3. The highest BCUT2D eigenvalue weighted by Gasteiger charge is 2.46. The molecule has 0 unspecified atom stereocenters. The fourth-order valence-electron chi connectivity index (χ4n) is 5.70. The molecule has 0 spiro atoms. The third kappa shape index (κ3) is 6.11. The van der Waals surface area contributed by atoms with Crippen molar-refractivity contribution in [3.05, 3.63) is 88.2 Å². The molecule has 0 aromatic heterocycles. The highest BCUT2D eigenvalue weighted by atomic mass is 32.2. The van der Waals surface area contributed by atoms with Crippen molar-refractivity contribution in [1.29, 1.82) is 0 Å². The molecule has 2 fully saturated rings. The fraction of sp³-hybridized carbons (Fsp3) is 0.333. The van der Waals surface area contributed by atoms with E-state index in [1.807, 2.05) is 24.3 Å². The van der Waals surface area contributed by atoms with Crippen LogP contribution in [-0.2, 0) is 21.4 Å². The van der Waals surface area contributed by atoms with Gasteiger partial charge in [-0.3, -0.25) is 14.8 Å². The molecule has 15 heteroatoms. The van der Waals surface area contributed by atoms with Gasteiger partial charge in [0.1, 0.15) is 5.75 Å². The molecule has 1 saturated heterocycles. The number of rotatable bonds is 8. The number of amides is 2. The van der Waals surface area contributed by atoms with E-state index in [1.54, 1.807) is 0 Å². The normalized spacial score (nSPS) is 16.3. The molecule has 3 aromatic carbocycles. The zero-order chi connectivity index (χ0) is 32.6. The number of nitrogens with one attached hydrogen (secondary N) is 1. The maximum absolute atomic E-state index is 14.3. The van der Waals surface area contributed by atoms with Crippen LogP contribution in [0.5, 0.6) is 5.75 Å². The van der Waals surface area contributed by atoms with Crippen LogP contribution in [-0.4, -0.2) is 47.9 Å². The van der Waals surface area contributed by atoms with Crippen molar-refractivity contribution in [1.82, 2.24) is 9.79 Å². The summed E-state index contributed by atoms with van der Waals surface area (Å²) in [6.45, 7) is -1.32. The summed E-state index contributed by atoms with van der Waals surface area (Å²) in [6, 6.07) is 11.2. The average Bonchev–Trinajstić information content (AvgIpc) is 3.01. The third-order valence-electron chi connectivity index (χ3n) is 8.27. The van der Waals surface area contributed by atoms with E-state index >= 15 is 0 Å². The number of phenols is 1. The van der Waals surface area contributed by atoms with E-state index in [0.29, 0.717) is 15.8 Å². The molecule has 0 radical (unpaired) electrons. The van der Waals surface area contributed by atoms with Crippen molar-refractivity contribution in [2.45, 2.75) is 49.5 Å². The second kappa shape index (κ2) is 12.7. The van der Waals surface area contributed by atoms with Crippen molar-refractivity contribution in [3.63, 3.8) is 0 Å². The fourth-order valence-corrected chi connectivity index (χ4v) is 7.34. The van der Waals surface area contributed by atoms with Gasteiger partial charge in [0.25, 0.3) is 5.91 Å². The summed E-state index contributed by atoms with van der Waals surface area (Å²) in [5, 5.41) is 19.3. The van der Waals surface area contributed by atoms with Gasteiger partial charge in [-0.25, -0.2) is 35.8 Å². The monoisotopic (exact) mass is 653 g/mol. The first-order valence-electron chi connectivity index (χ1n) is 14.0. The van der Waals surface area contributed by atoms with Crippen LogP contribution in [0.3, 0.4) is 0 Å². The molecule has 45 heavy (non-hydrogen) atoms. The number of carbonyl (C=O) groups excluding carboxylic acids is 2. The first kappa shape index (κ1) is 32.3. The smallest absolute Gasteiger partial charge is 0.278 e. The van der Waals surface area contributed by atoms with Crippen molar-refractivity contribution >= 4 is 27.5 Å². The van der Waals surface area contributed by atoms with Crippen LogP contribution in [0.25, 0.3) is 0 Å². The molecular formula is C30H28F5N3O6S. The molecule has 3 aromatic rings. The lowest BCUT2D eigenvalue weighted by molar-refractivity contribution is -0.125. The standard InChI is InChI=1S/C30H28F5N3O6S/c31-23-24(32)26(34)28(27(35)25(23)33)45(43,44)37-14-19(15-37)30(41)38(20-10-11-21(22(39)12-20)29(40)36-42)13-16-6-8-18(9-7-16)17-4-2-1-3-5-17/h6-12,17,19,39,42H,1-5,13-15H2,(H,36,40). The maximum atomic E-state index is 14.3. The maximum Gasteiger partial charge on any atom is 0.278 e. The molecule has 2 amide bonds. The molecule has 0 atom stereocenters. The van der Waals surface area contributed by atoms with E-state index in [2.05, 4.69) is 0 Å². The minimum Gasteiger partial charge on any atom is -0.507 e. The van der Waals surface area contributed by atoms with Crippen molar-refractivity contribution < 1.29 is 50.3 Å². The third-order valence-corrected chi connectivity index (χ3v) is 10.1. The van der Waals surface area contributed by atoms with Crippen LogP contribution >= 0.6 is 0 Å². The van der Waals surface area contributed by atoms with Gasteiger partial charge < -0.3 is 10.0 Å². The van der Waals surface area contributed by atoms with E-state index in [-0.39, 0.29) is 17.8 Å². The summed E-state index contributed by atoms with van der Waals surface area (Å²) in [7, 11) is -5.22. The Hall–Kier alpha value is -4.08. The van der Waals surface area contributed by atoms with E-state index in [4.69, 9.17) is 5.21 Å². The van der Waals surface area contributed by atoms with Crippen LogP contribution in [0.15, 0.2) is 47.4 Å². The Morgan fingerprint density at radius 1 is 0.867 bits per heavy atom. The molecule has 3 N–H and O–H groups in total. The lowest BCUT2D eigenvalue weighted by Crippen LogP contribution is -2.56. The second-order valence-electron chi connectivity index (χ2n) is 11.1. The summed E-state index contributed by atoms with van der Waals surface area (Å²) < 4.78 is 95.7. The summed E-state index contributed by atoms with van der Waals surface area (Å²) in [5.74, 6) is -15.3. The van der Waals surface area contributed by atoms with Crippen molar-refractivity contribution in [2.24, 2.45) is 5.92 Å². The van der Waals surface area contributed by atoms with E-state index in [0.717, 1.165) is 43.4 Å². The van der Waals surface area contributed by atoms with Crippen molar-refractivity contribution in [2.75, 3.05) is 18.0 Å². The topological polar surface area (TPSA) is 127 Å². The summed E-state index contributed by atoms with van der Waals surface area (Å²) in [4.78, 5) is 24.7. The van der Waals surface area contributed by atoms with Crippen LogP contribution in [0.2, 0.25) is 0 Å². The summed E-state index contributed by atoms with van der Waals surface area (Å²) >= 11 is 0. The molecule has 1 aliphatic heterocycles. The summed E-state index contributed by atoms with van der Waals surface area (Å²) in [5.41, 5.74) is 3.02. The van der Waals surface area contributed by atoms with Gasteiger partial charge in [0.15, 0.2) is 28.2 Å². The Morgan fingerprint density at radius 3 is 2.00 bits per heavy atom. The lowest BCUT2D eigenvalue weighted by atomic mass is 9.84. The van der Waals surface area contributed by atoms with Crippen LogP contribution < -0.4 is 10.4 Å². The number of anilines is 1. The Balaban J connectivity index is 1.40. The second-order valence-corrected chi connectivity index (χ2v) is 12.9. The van der Waals surface area contributed by atoms with E-state index < -0.39 is 80.6 Å². The number of hydrogen-bond acceptors (Lipinski definition) is 6. The van der Waals surface area contributed by atoms with Gasteiger partial charge in [-0.1, -0.05) is 43.5 Å². The number of hydrogen-bond donors (Lipinski definition) is 3. The first-order valence-corrected chi connectivity index (χ1v) is 15.5. The Kier molecular flexibility index (Phi) is 9.14. The lowest BCUT2D eigenvalue weighted by Gasteiger charge is -2.39. The highest BCUT2D eigenvalue weighted by molar-refractivity contribution is 7.89. The average molecular weight is 654 g/mol. The number of phenolic OH excluding ortho intramolecular Hbond substituents is 1. The van der Waals surface area contributed by atoms with Gasteiger partial charge in [0.2, 0.25) is 21.7 Å². The quantitative estimate of drug-likeness (QED) is 0.102. The van der Waals surface area contributed by atoms with Gasteiger partial charge in [-0.05, 0) is 42.0 Å². The van der Waals surface area contributed by atoms with E-state index in [1.165, 1.54) is 22.9 Å². The molecule has 1 heterocycles. The Morgan fingerprint density at radius 2 is 1.44 bits per heavy atom. The minimum absolute atomic E-state index is 0.0599. The zero-order valence-corrected chi connectivity index (χ0v) is 24.4. The molecular weight excluding hydrogens is 625 g/mol. The number of halogens is 5. The number of aromatic hydroxyl groups is 1. The van der Waals surface area contributed by atoms with Gasteiger partial charge in [0, 0.05) is 24.8 Å². The van der Waals surface area contributed by atoms with Crippen LogP contribution in [0.1, 0.15) is 59.5 Å². The van der Waals surface area contributed by atoms with Crippen LogP contribution in [0.4, 0.5) is 27.6 Å². The first-order chi connectivity index (χ1) is 21.3. The number of nitrogens with zero attached hydrogens (tertiary/aromatic N) is 2. The predicted octanol–water partition coefficient (Wildman–Crippen LogP) is 5.11. The van der Waals surface area contributed by atoms with Crippen molar-refractivity contribution in [3.8, 4) is 5.75 Å². The molecule has 9 nitrogen and oxygen atoms in total. The van der Waals surface area contributed by atoms with Gasteiger partial charge >= 0.3 is 0 Å². The number of carbonyl (C=O) groups is 2. The number of hydroxylamine groups is 1. The highest BCUT2D eigenvalue weighted by Crippen LogP contribution is 2.36. The molecule has 1 saturated carbocycles. The molecule has 240 valence electrons. The van der Waals surface area contributed by atoms with Crippen LogP contribution in [0, 0.1) is 35.0 Å². The largest absolute Gasteiger partial charge is 0.507 e. The van der Waals surface area contributed by atoms with Gasteiger partial charge in [-0.2, -0.15) is 4.31 Å². The van der Waals surface area contributed by atoms with Gasteiger partial charge in [0.05, 0.1) is 18.0 Å². The SMILES string of the molecule is O=C(NO)c1ccc(N(Cc2ccc(C3CCCCC3)cc2)C(=O)C2CN(S(=O)(=O)c3c(F)c(F)c(F)c(F)c3F)C2)cc1O. The Labute approximate surface area is 254 Å². The molecule has 2 aliphatic rings. The molecule has 5 rings (SSSR count). The minimum atomic E-state index is -5.22. The molecule has 1 aliphatic carbocycles. The number of sulfonamides is 1. The summed E-state index contributed by atoms with van der Waals surface area (Å²) in [6.07, 6.45) is 5.62. The van der Waals surface area contributed by atoms with Gasteiger partial charge in [-0.15, -0.1) is 0 Å². The van der Waals surface area contributed by atoms with E-state index in [9.17, 15) is 45.1 Å². The Bertz CT molecular complexity index is 1710.